The normalized spacial score (nSPS) is 17.2. The molecule has 1 aliphatic rings. The van der Waals surface area contributed by atoms with Crippen molar-refractivity contribution in [1.82, 2.24) is 9.88 Å². The van der Waals surface area contributed by atoms with Gasteiger partial charge in [0, 0.05) is 24.5 Å². The lowest BCUT2D eigenvalue weighted by Crippen LogP contribution is -2.39. The van der Waals surface area contributed by atoms with E-state index < -0.39 is 0 Å². The van der Waals surface area contributed by atoms with Gasteiger partial charge in [0.1, 0.15) is 0 Å². The van der Waals surface area contributed by atoms with Crippen LogP contribution in [-0.2, 0) is 6.54 Å². The Labute approximate surface area is 107 Å². The fraction of sp³-hybridized carbons (Fsp3) is 0.727. The van der Waals surface area contributed by atoms with Crippen molar-refractivity contribution in [3.63, 3.8) is 0 Å². The molecule has 1 fully saturated rings. The van der Waals surface area contributed by atoms with Gasteiger partial charge in [0.25, 0.3) is 0 Å². The van der Waals surface area contributed by atoms with Crippen LogP contribution in [0, 0.1) is 12.8 Å². The molecule has 1 unspecified atom stereocenters. The van der Waals surface area contributed by atoms with Gasteiger partial charge in [-0.2, -0.15) is 0 Å². The molecular weight excluding hydrogens is 242 g/mol. The van der Waals surface area contributed by atoms with Crippen LogP contribution in [0.5, 0.6) is 0 Å². The SMILES string of the molecule is Cc1nc(CN(C)C(CN)C2CC2)cs1.Cl. The van der Waals surface area contributed by atoms with Crippen molar-refractivity contribution in [3.05, 3.63) is 16.1 Å². The summed E-state index contributed by atoms with van der Waals surface area (Å²) in [6, 6.07) is 0.548. The molecule has 1 aromatic rings. The van der Waals surface area contributed by atoms with E-state index in [2.05, 4.69) is 29.2 Å². The van der Waals surface area contributed by atoms with Crippen LogP contribution >= 0.6 is 23.7 Å². The van der Waals surface area contributed by atoms with Crippen molar-refractivity contribution in [2.24, 2.45) is 11.7 Å². The van der Waals surface area contributed by atoms with Gasteiger partial charge in [0.2, 0.25) is 0 Å². The minimum atomic E-state index is 0. The molecule has 0 bridgehead atoms. The molecule has 0 aliphatic heterocycles. The second kappa shape index (κ2) is 5.96. The van der Waals surface area contributed by atoms with Crippen molar-refractivity contribution >= 4 is 23.7 Å². The second-order valence-electron chi connectivity index (χ2n) is 4.41. The van der Waals surface area contributed by atoms with E-state index >= 15 is 0 Å². The molecule has 0 amide bonds. The Bertz CT molecular complexity index is 325. The van der Waals surface area contributed by atoms with Crippen LogP contribution in [0.25, 0.3) is 0 Å². The van der Waals surface area contributed by atoms with E-state index in [4.69, 9.17) is 5.73 Å². The predicted octanol–water partition coefficient (Wildman–Crippen LogP) is 2.04. The summed E-state index contributed by atoms with van der Waals surface area (Å²) >= 11 is 1.72. The van der Waals surface area contributed by atoms with Gasteiger partial charge in [-0.15, -0.1) is 23.7 Å². The number of aromatic nitrogens is 1. The topological polar surface area (TPSA) is 42.2 Å². The molecule has 0 radical (unpaired) electrons. The van der Waals surface area contributed by atoms with Crippen LogP contribution < -0.4 is 5.73 Å². The first-order valence-corrected chi connectivity index (χ1v) is 6.40. The number of likely N-dealkylation sites (N-methyl/N-ethyl adjacent to an activating group) is 1. The zero-order valence-corrected chi connectivity index (χ0v) is 11.5. The first-order valence-electron chi connectivity index (χ1n) is 5.52. The van der Waals surface area contributed by atoms with Gasteiger partial charge in [0.05, 0.1) is 10.7 Å². The molecule has 2 rings (SSSR count). The first kappa shape index (κ1) is 13.9. The Morgan fingerprint density at radius 3 is 2.75 bits per heavy atom. The van der Waals surface area contributed by atoms with Crippen LogP contribution in [0.2, 0.25) is 0 Å². The van der Waals surface area contributed by atoms with Crippen molar-refractivity contribution < 1.29 is 0 Å². The number of hydrogen-bond acceptors (Lipinski definition) is 4. The molecular formula is C11H20ClN3S. The number of nitrogens with two attached hydrogens (primary N) is 1. The minimum absolute atomic E-state index is 0. The minimum Gasteiger partial charge on any atom is -0.329 e. The molecule has 1 atom stereocenters. The van der Waals surface area contributed by atoms with Gasteiger partial charge in [-0.1, -0.05) is 0 Å². The molecule has 1 heterocycles. The highest BCUT2D eigenvalue weighted by Crippen LogP contribution is 2.34. The van der Waals surface area contributed by atoms with Gasteiger partial charge < -0.3 is 5.73 Å². The first-order chi connectivity index (χ1) is 7.20. The summed E-state index contributed by atoms with van der Waals surface area (Å²) in [5, 5.41) is 3.29. The number of rotatable bonds is 5. The lowest BCUT2D eigenvalue weighted by atomic mass is 10.1. The Hall–Kier alpha value is -0.160. The summed E-state index contributed by atoms with van der Waals surface area (Å²) in [5.41, 5.74) is 6.99. The Balaban J connectivity index is 0.00000128. The molecule has 1 saturated carbocycles. The lowest BCUT2D eigenvalue weighted by molar-refractivity contribution is 0.213. The van der Waals surface area contributed by atoms with Crippen LogP contribution in [0.3, 0.4) is 0 Å². The summed E-state index contributed by atoms with van der Waals surface area (Å²) in [4.78, 5) is 6.84. The molecule has 5 heteroatoms. The average molecular weight is 262 g/mol. The number of thiazole rings is 1. The van der Waals surface area contributed by atoms with Gasteiger partial charge in [0.15, 0.2) is 0 Å². The fourth-order valence-corrected chi connectivity index (χ4v) is 2.67. The summed E-state index contributed by atoms with van der Waals surface area (Å²) < 4.78 is 0. The molecule has 16 heavy (non-hydrogen) atoms. The van der Waals surface area contributed by atoms with Crippen molar-refractivity contribution in [2.75, 3.05) is 13.6 Å². The Morgan fingerprint density at radius 2 is 2.31 bits per heavy atom. The molecule has 1 aliphatic carbocycles. The quantitative estimate of drug-likeness (QED) is 0.882. The molecule has 0 spiro atoms. The van der Waals surface area contributed by atoms with E-state index in [-0.39, 0.29) is 12.4 Å². The van der Waals surface area contributed by atoms with Gasteiger partial charge in [-0.3, -0.25) is 4.90 Å². The maximum absolute atomic E-state index is 5.81. The zero-order valence-electron chi connectivity index (χ0n) is 9.85. The third-order valence-electron chi connectivity index (χ3n) is 3.05. The van der Waals surface area contributed by atoms with E-state index in [1.165, 1.54) is 18.5 Å². The van der Waals surface area contributed by atoms with Crippen LogP contribution in [-0.4, -0.2) is 29.5 Å². The fourth-order valence-electron chi connectivity index (χ4n) is 2.07. The van der Waals surface area contributed by atoms with Gasteiger partial charge >= 0.3 is 0 Å². The van der Waals surface area contributed by atoms with Crippen LogP contribution in [0.4, 0.5) is 0 Å². The van der Waals surface area contributed by atoms with Crippen LogP contribution in [0.1, 0.15) is 23.5 Å². The predicted molar refractivity (Wildman–Crippen MR) is 71.1 cm³/mol. The van der Waals surface area contributed by atoms with Gasteiger partial charge in [-0.25, -0.2) is 4.98 Å². The van der Waals surface area contributed by atoms with E-state index in [1.54, 1.807) is 11.3 Å². The van der Waals surface area contributed by atoms with E-state index in [0.29, 0.717) is 6.04 Å². The smallest absolute Gasteiger partial charge is 0.0897 e. The van der Waals surface area contributed by atoms with E-state index in [0.717, 1.165) is 24.0 Å². The number of halogens is 1. The highest BCUT2D eigenvalue weighted by molar-refractivity contribution is 7.09. The van der Waals surface area contributed by atoms with Crippen molar-refractivity contribution in [1.29, 1.82) is 0 Å². The molecule has 0 saturated heterocycles. The molecule has 92 valence electrons. The third kappa shape index (κ3) is 3.42. The molecule has 3 nitrogen and oxygen atoms in total. The van der Waals surface area contributed by atoms with Crippen LogP contribution in [0.15, 0.2) is 5.38 Å². The summed E-state index contributed by atoms with van der Waals surface area (Å²) in [6.45, 7) is 3.75. The average Bonchev–Trinajstić information content (AvgIpc) is 2.93. The highest BCUT2D eigenvalue weighted by atomic mass is 35.5. The molecule has 2 N–H and O–H groups in total. The molecule has 0 aromatic carbocycles. The lowest BCUT2D eigenvalue weighted by Gasteiger charge is -2.26. The zero-order chi connectivity index (χ0) is 10.8. The third-order valence-corrected chi connectivity index (χ3v) is 3.87. The van der Waals surface area contributed by atoms with E-state index in [9.17, 15) is 0 Å². The maximum Gasteiger partial charge on any atom is 0.0897 e. The molecule has 1 aromatic heterocycles. The highest BCUT2D eigenvalue weighted by Gasteiger charge is 2.32. The standard InChI is InChI=1S/C11H19N3S.ClH/c1-8-13-10(7-15-8)6-14(2)11(5-12)9-3-4-9;/h7,9,11H,3-6,12H2,1-2H3;1H. The summed E-state index contributed by atoms with van der Waals surface area (Å²) in [5.74, 6) is 0.833. The summed E-state index contributed by atoms with van der Waals surface area (Å²) in [6.07, 6.45) is 2.70. The number of hydrogen-bond donors (Lipinski definition) is 1. The number of aryl methyl sites for hydroxylation is 1. The van der Waals surface area contributed by atoms with Crippen molar-refractivity contribution in [3.8, 4) is 0 Å². The second-order valence-corrected chi connectivity index (χ2v) is 5.48. The summed E-state index contributed by atoms with van der Waals surface area (Å²) in [7, 11) is 2.16. The Morgan fingerprint density at radius 1 is 1.62 bits per heavy atom. The van der Waals surface area contributed by atoms with Gasteiger partial charge in [-0.05, 0) is 32.7 Å². The largest absolute Gasteiger partial charge is 0.329 e. The Kier molecular flexibility index (Phi) is 5.18. The maximum atomic E-state index is 5.81. The number of nitrogens with zero attached hydrogens (tertiary/aromatic N) is 2. The monoisotopic (exact) mass is 261 g/mol. The van der Waals surface area contributed by atoms with Crippen molar-refractivity contribution in [2.45, 2.75) is 32.4 Å². The van der Waals surface area contributed by atoms with E-state index in [1.807, 2.05) is 0 Å².